The predicted octanol–water partition coefficient (Wildman–Crippen LogP) is 3.21. The molecule has 0 saturated carbocycles. The van der Waals surface area contributed by atoms with E-state index in [0.29, 0.717) is 6.54 Å². The lowest BCUT2D eigenvalue weighted by Gasteiger charge is -2.06. The number of hydrogen-bond donors (Lipinski definition) is 1. The van der Waals surface area contributed by atoms with Gasteiger partial charge in [0.25, 0.3) is 0 Å². The van der Waals surface area contributed by atoms with Crippen LogP contribution in [0.5, 0.6) is 5.75 Å². The second-order valence-electron chi connectivity index (χ2n) is 5.41. The van der Waals surface area contributed by atoms with E-state index in [2.05, 4.69) is 10.4 Å². The van der Waals surface area contributed by atoms with E-state index >= 15 is 0 Å². The summed E-state index contributed by atoms with van der Waals surface area (Å²) in [6, 6.07) is 17.2. The number of hydrogen-bond acceptors (Lipinski definition) is 3. The van der Waals surface area contributed by atoms with Gasteiger partial charge in [0.1, 0.15) is 5.75 Å². The molecule has 1 N–H and O–H groups in total. The standard InChI is InChI=1S/C20H19N3O2/c1-25-18-10-7-16(8-11-18)15-21-20(24)12-9-17-5-2-3-6-19(17)23-14-4-13-22-23/h2-14H,15H2,1H3,(H,21,24)/b12-9+. The summed E-state index contributed by atoms with van der Waals surface area (Å²) < 4.78 is 6.89. The van der Waals surface area contributed by atoms with Crippen LogP contribution in [0, 0.1) is 0 Å². The molecule has 0 unspecified atom stereocenters. The molecule has 3 aromatic rings. The predicted molar refractivity (Wildman–Crippen MR) is 97.4 cm³/mol. The van der Waals surface area contributed by atoms with Crippen LogP contribution in [0.25, 0.3) is 11.8 Å². The Labute approximate surface area is 146 Å². The van der Waals surface area contributed by atoms with Crippen molar-refractivity contribution in [3.05, 3.63) is 84.2 Å². The van der Waals surface area contributed by atoms with Gasteiger partial charge in [-0.1, -0.05) is 30.3 Å². The monoisotopic (exact) mass is 333 g/mol. The van der Waals surface area contributed by atoms with Gasteiger partial charge in [-0.05, 0) is 35.9 Å². The molecule has 0 aliphatic rings. The first-order valence-corrected chi connectivity index (χ1v) is 7.94. The van der Waals surface area contributed by atoms with E-state index in [4.69, 9.17) is 4.74 Å². The van der Waals surface area contributed by atoms with E-state index in [1.54, 1.807) is 24.1 Å². The number of carbonyl (C=O) groups is 1. The number of carbonyl (C=O) groups excluding carboxylic acids is 1. The van der Waals surface area contributed by atoms with Crippen LogP contribution in [0.1, 0.15) is 11.1 Å². The highest BCUT2D eigenvalue weighted by molar-refractivity contribution is 5.92. The molecule has 0 fully saturated rings. The highest BCUT2D eigenvalue weighted by Crippen LogP contribution is 2.15. The molecule has 0 bridgehead atoms. The van der Waals surface area contributed by atoms with Crippen LogP contribution in [-0.4, -0.2) is 22.8 Å². The third-order valence-electron chi connectivity index (χ3n) is 3.73. The number of methoxy groups -OCH3 is 1. The van der Waals surface area contributed by atoms with Crippen molar-refractivity contribution in [2.45, 2.75) is 6.54 Å². The number of aromatic nitrogens is 2. The molecule has 0 saturated heterocycles. The molecule has 0 radical (unpaired) electrons. The van der Waals surface area contributed by atoms with Crippen LogP contribution in [-0.2, 0) is 11.3 Å². The van der Waals surface area contributed by atoms with Crippen LogP contribution in [0.3, 0.4) is 0 Å². The minimum atomic E-state index is -0.147. The van der Waals surface area contributed by atoms with Gasteiger partial charge in [0, 0.05) is 30.6 Å². The van der Waals surface area contributed by atoms with Crippen molar-refractivity contribution in [2.75, 3.05) is 7.11 Å². The van der Waals surface area contributed by atoms with Gasteiger partial charge in [0.15, 0.2) is 0 Å². The summed E-state index contributed by atoms with van der Waals surface area (Å²) in [5.41, 5.74) is 2.86. The van der Waals surface area contributed by atoms with E-state index in [-0.39, 0.29) is 5.91 Å². The van der Waals surface area contributed by atoms with Gasteiger partial charge < -0.3 is 10.1 Å². The second-order valence-corrected chi connectivity index (χ2v) is 5.41. The first-order valence-electron chi connectivity index (χ1n) is 7.94. The van der Waals surface area contributed by atoms with Gasteiger partial charge in [-0.3, -0.25) is 4.79 Å². The molecule has 2 aromatic carbocycles. The Morgan fingerprint density at radius 2 is 1.96 bits per heavy atom. The maximum absolute atomic E-state index is 12.1. The summed E-state index contributed by atoms with van der Waals surface area (Å²) in [6.07, 6.45) is 6.92. The molecule has 126 valence electrons. The lowest BCUT2D eigenvalue weighted by atomic mass is 10.1. The number of nitrogens with zero attached hydrogens (tertiary/aromatic N) is 2. The van der Waals surface area contributed by atoms with Crippen LogP contribution in [0.4, 0.5) is 0 Å². The van der Waals surface area contributed by atoms with Crippen molar-refractivity contribution >= 4 is 12.0 Å². The van der Waals surface area contributed by atoms with Gasteiger partial charge in [-0.15, -0.1) is 0 Å². The first kappa shape index (κ1) is 16.5. The maximum atomic E-state index is 12.1. The highest BCUT2D eigenvalue weighted by atomic mass is 16.5. The molecule has 0 atom stereocenters. The molecule has 1 heterocycles. The van der Waals surface area contributed by atoms with Crippen LogP contribution in [0.2, 0.25) is 0 Å². The molecule has 1 amide bonds. The Bertz CT molecular complexity index is 853. The van der Waals surface area contributed by atoms with Crippen molar-refractivity contribution in [2.24, 2.45) is 0 Å². The average Bonchev–Trinajstić information content (AvgIpc) is 3.20. The van der Waals surface area contributed by atoms with Crippen molar-refractivity contribution < 1.29 is 9.53 Å². The van der Waals surface area contributed by atoms with Gasteiger partial charge in [0.2, 0.25) is 5.91 Å². The zero-order valence-electron chi connectivity index (χ0n) is 13.9. The number of ether oxygens (including phenoxy) is 1. The fraction of sp³-hybridized carbons (Fsp3) is 0.100. The summed E-state index contributed by atoms with van der Waals surface area (Å²) in [6.45, 7) is 0.466. The number of rotatable bonds is 6. The summed E-state index contributed by atoms with van der Waals surface area (Å²) >= 11 is 0. The van der Waals surface area contributed by atoms with Gasteiger partial charge in [0.05, 0.1) is 12.8 Å². The van der Waals surface area contributed by atoms with Crippen LogP contribution >= 0.6 is 0 Å². The van der Waals surface area contributed by atoms with E-state index in [1.807, 2.05) is 60.8 Å². The average molecular weight is 333 g/mol. The van der Waals surface area contributed by atoms with Crippen molar-refractivity contribution in [3.63, 3.8) is 0 Å². The molecule has 0 aliphatic carbocycles. The van der Waals surface area contributed by atoms with Crippen LogP contribution < -0.4 is 10.1 Å². The fourth-order valence-electron chi connectivity index (χ4n) is 2.41. The molecule has 1 aromatic heterocycles. The number of benzene rings is 2. The van der Waals surface area contributed by atoms with E-state index in [9.17, 15) is 4.79 Å². The van der Waals surface area contributed by atoms with Crippen molar-refractivity contribution in [3.8, 4) is 11.4 Å². The Kier molecular flexibility index (Phi) is 5.26. The van der Waals surface area contributed by atoms with Crippen molar-refractivity contribution in [1.82, 2.24) is 15.1 Å². The quantitative estimate of drug-likeness (QED) is 0.705. The summed E-state index contributed by atoms with van der Waals surface area (Å²) in [7, 11) is 1.63. The molecule has 3 rings (SSSR count). The number of amides is 1. The molecule has 0 aliphatic heterocycles. The molecule has 0 spiro atoms. The minimum absolute atomic E-state index is 0.147. The van der Waals surface area contributed by atoms with E-state index in [1.165, 1.54) is 6.08 Å². The van der Waals surface area contributed by atoms with E-state index in [0.717, 1.165) is 22.6 Å². The molecule has 25 heavy (non-hydrogen) atoms. The largest absolute Gasteiger partial charge is 0.497 e. The molecular formula is C20H19N3O2. The summed E-state index contributed by atoms with van der Waals surface area (Å²) in [5.74, 6) is 0.649. The molecular weight excluding hydrogens is 314 g/mol. The lowest BCUT2D eigenvalue weighted by molar-refractivity contribution is -0.116. The Morgan fingerprint density at radius 1 is 1.16 bits per heavy atom. The first-order chi connectivity index (χ1) is 12.3. The zero-order valence-corrected chi connectivity index (χ0v) is 13.9. The lowest BCUT2D eigenvalue weighted by Crippen LogP contribution is -2.20. The van der Waals surface area contributed by atoms with Gasteiger partial charge >= 0.3 is 0 Å². The fourth-order valence-corrected chi connectivity index (χ4v) is 2.41. The Hall–Kier alpha value is -3.34. The van der Waals surface area contributed by atoms with E-state index < -0.39 is 0 Å². The van der Waals surface area contributed by atoms with Gasteiger partial charge in [-0.2, -0.15) is 5.10 Å². The summed E-state index contributed by atoms with van der Waals surface area (Å²) in [5, 5.41) is 7.11. The molecule has 5 heteroatoms. The normalized spacial score (nSPS) is 10.8. The SMILES string of the molecule is COc1ccc(CNC(=O)/C=C/c2ccccc2-n2cccn2)cc1. The third-order valence-corrected chi connectivity index (χ3v) is 3.73. The third kappa shape index (κ3) is 4.35. The Balaban J connectivity index is 1.63. The number of nitrogens with one attached hydrogen (secondary N) is 1. The van der Waals surface area contributed by atoms with Gasteiger partial charge in [-0.25, -0.2) is 4.68 Å². The highest BCUT2D eigenvalue weighted by Gasteiger charge is 2.02. The Morgan fingerprint density at radius 3 is 2.68 bits per heavy atom. The van der Waals surface area contributed by atoms with Crippen LogP contribution in [0.15, 0.2) is 73.1 Å². The maximum Gasteiger partial charge on any atom is 0.244 e. The summed E-state index contributed by atoms with van der Waals surface area (Å²) in [4.78, 5) is 12.1. The van der Waals surface area contributed by atoms with Crippen molar-refractivity contribution in [1.29, 1.82) is 0 Å². The number of para-hydroxylation sites is 1. The minimum Gasteiger partial charge on any atom is -0.497 e. The smallest absolute Gasteiger partial charge is 0.244 e. The topological polar surface area (TPSA) is 56.1 Å². The molecule has 5 nitrogen and oxygen atoms in total. The zero-order chi connectivity index (χ0) is 17.5. The second kappa shape index (κ2) is 7.97.